The van der Waals surface area contributed by atoms with Crippen LogP contribution in [0.1, 0.15) is 31.5 Å². The maximum Gasteiger partial charge on any atom is 0.417 e. The summed E-state index contributed by atoms with van der Waals surface area (Å²) >= 11 is 5.82. The molecule has 1 N–H and O–H groups in total. The maximum absolute atomic E-state index is 12.4. The molecule has 18 heavy (non-hydrogen) atoms. The van der Waals surface area contributed by atoms with Crippen molar-refractivity contribution in [3.63, 3.8) is 0 Å². The third-order valence-corrected chi connectivity index (χ3v) is 2.81. The second-order valence-electron chi connectivity index (χ2n) is 4.21. The largest absolute Gasteiger partial charge is 0.417 e. The Balaban J connectivity index is 2.74. The molecule has 0 aromatic carbocycles. The summed E-state index contributed by atoms with van der Waals surface area (Å²) < 4.78 is 37.3. The highest BCUT2D eigenvalue weighted by atomic mass is 35.5. The van der Waals surface area contributed by atoms with Crippen LogP contribution in [0.2, 0.25) is 5.02 Å². The van der Waals surface area contributed by atoms with Crippen LogP contribution in [-0.4, -0.2) is 17.6 Å². The quantitative estimate of drug-likeness (QED) is 0.890. The van der Waals surface area contributed by atoms with Gasteiger partial charge in [0.15, 0.2) is 0 Å². The van der Waals surface area contributed by atoms with E-state index in [0.717, 1.165) is 25.2 Å². The van der Waals surface area contributed by atoms with Crippen molar-refractivity contribution in [1.29, 1.82) is 0 Å². The van der Waals surface area contributed by atoms with Crippen molar-refractivity contribution in [2.24, 2.45) is 0 Å². The van der Waals surface area contributed by atoms with Gasteiger partial charge in [0.2, 0.25) is 0 Å². The molecule has 0 aliphatic carbocycles. The molecule has 0 aliphatic heterocycles. The summed E-state index contributed by atoms with van der Waals surface area (Å²) in [5.74, 6) is 0. The van der Waals surface area contributed by atoms with Gasteiger partial charge in [-0.1, -0.05) is 18.5 Å². The van der Waals surface area contributed by atoms with Crippen LogP contribution in [0.5, 0.6) is 0 Å². The lowest BCUT2D eigenvalue weighted by Gasteiger charge is -2.14. The lowest BCUT2D eigenvalue weighted by molar-refractivity contribution is -0.137. The summed E-state index contributed by atoms with van der Waals surface area (Å²) in [5, 5.41) is 3.30. The molecule has 0 saturated heterocycles. The highest BCUT2D eigenvalue weighted by Gasteiger charge is 2.31. The Morgan fingerprint density at radius 1 is 1.44 bits per heavy atom. The van der Waals surface area contributed by atoms with Gasteiger partial charge >= 0.3 is 6.18 Å². The number of hydrogen-bond acceptors (Lipinski definition) is 2. The van der Waals surface area contributed by atoms with Gasteiger partial charge in [-0.3, -0.25) is 4.98 Å². The van der Waals surface area contributed by atoms with Crippen LogP contribution in [0.4, 0.5) is 13.2 Å². The molecular formula is C12H16ClF3N2. The van der Waals surface area contributed by atoms with E-state index in [0.29, 0.717) is 12.1 Å². The zero-order chi connectivity index (χ0) is 13.8. The van der Waals surface area contributed by atoms with Crippen LogP contribution in [0.15, 0.2) is 12.3 Å². The minimum absolute atomic E-state index is 0.0648. The van der Waals surface area contributed by atoms with Crippen LogP contribution < -0.4 is 5.32 Å². The highest BCUT2D eigenvalue weighted by Crippen LogP contribution is 2.31. The highest BCUT2D eigenvalue weighted by molar-refractivity contribution is 6.31. The summed E-state index contributed by atoms with van der Waals surface area (Å²) in [6.07, 6.45) is -2.06. The third kappa shape index (κ3) is 4.46. The number of rotatable bonds is 5. The van der Waals surface area contributed by atoms with Crippen molar-refractivity contribution in [3.05, 3.63) is 28.5 Å². The van der Waals surface area contributed by atoms with Crippen molar-refractivity contribution in [1.82, 2.24) is 10.3 Å². The topological polar surface area (TPSA) is 24.9 Å². The van der Waals surface area contributed by atoms with Crippen LogP contribution in [-0.2, 0) is 12.6 Å². The van der Waals surface area contributed by atoms with Gasteiger partial charge in [-0.25, -0.2) is 0 Å². The molecule has 2 nitrogen and oxygen atoms in total. The minimum atomic E-state index is -4.40. The maximum atomic E-state index is 12.4. The van der Waals surface area contributed by atoms with Crippen LogP contribution >= 0.6 is 11.6 Å². The minimum Gasteiger partial charge on any atom is -0.314 e. The molecule has 1 aromatic heterocycles. The Bertz CT molecular complexity index is 393. The Morgan fingerprint density at radius 3 is 2.61 bits per heavy atom. The Kier molecular flexibility index (Phi) is 5.41. The standard InChI is InChI=1S/C12H16ClF3N2/c1-3-4-17-8(2)5-11-10(13)6-9(7-18-11)12(14,15)16/h6-8,17H,3-5H2,1-2H3. The van der Waals surface area contributed by atoms with Crippen LogP contribution in [0.3, 0.4) is 0 Å². The summed E-state index contributed by atoms with van der Waals surface area (Å²) in [4.78, 5) is 3.80. The van der Waals surface area contributed by atoms with E-state index in [4.69, 9.17) is 11.6 Å². The first-order chi connectivity index (χ1) is 8.34. The summed E-state index contributed by atoms with van der Waals surface area (Å²) in [6, 6.07) is 1.06. The molecule has 102 valence electrons. The van der Waals surface area contributed by atoms with E-state index in [9.17, 15) is 13.2 Å². The van der Waals surface area contributed by atoms with E-state index in [1.807, 2.05) is 13.8 Å². The molecule has 1 atom stereocenters. The molecule has 0 amide bonds. The van der Waals surface area contributed by atoms with Gasteiger partial charge in [0.1, 0.15) is 0 Å². The Hall–Kier alpha value is -0.810. The fraction of sp³-hybridized carbons (Fsp3) is 0.583. The summed E-state index contributed by atoms with van der Waals surface area (Å²) in [7, 11) is 0. The average molecular weight is 281 g/mol. The molecule has 0 aliphatic rings. The zero-order valence-electron chi connectivity index (χ0n) is 10.3. The van der Waals surface area contributed by atoms with E-state index < -0.39 is 11.7 Å². The normalized spacial score (nSPS) is 13.7. The summed E-state index contributed by atoms with van der Waals surface area (Å²) in [6.45, 7) is 4.85. The number of nitrogens with zero attached hydrogens (tertiary/aromatic N) is 1. The Labute approximate surface area is 110 Å². The van der Waals surface area contributed by atoms with Gasteiger partial charge in [0.25, 0.3) is 0 Å². The predicted molar refractivity (Wildman–Crippen MR) is 65.7 cm³/mol. The molecule has 0 fully saturated rings. The lowest BCUT2D eigenvalue weighted by atomic mass is 10.1. The van der Waals surface area contributed by atoms with Gasteiger partial charge in [-0.05, 0) is 26.0 Å². The molecule has 0 saturated carbocycles. The molecule has 0 bridgehead atoms. The zero-order valence-corrected chi connectivity index (χ0v) is 11.1. The molecule has 6 heteroatoms. The van der Waals surface area contributed by atoms with Gasteiger partial charge in [-0.15, -0.1) is 0 Å². The first kappa shape index (κ1) is 15.2. The van der Waals surface area contributed by atoms with Gasteiger partial charge < -0.3 is 5.32 Å². The second-order valence-corrected chi connectivity index (χ2v) is 4.62. The third-order valence-electron chi connectivity index (χ3n) is 2.49. The molecule has 1 rings (SSSR count). The second kappa shape index (κ2) is 6.38. The molecule has 1 aromatic rings. The van der Waals surface area contributed by atoms with Gasteiger partial charge in [0, 0.05) is 18.7 Å². The van der Waals surface area contributed by atoms with Crippen molar-refractivity contribution in [2.45, 2.75) is 38.9 Å². The molecule has 0 radical (unpaired) electrons. The smallest absolute Gasteiger partial charge is 0.314 e. The monoisotopic (exact) mass is 280 g/mol. The fourth-order valence-electron chi connectivity index (χ4n) is 1.52. The SMILES string of the molecule is CCCNC(C)Cc1ncc(C(F)(F)F)cc1Cl. The van der Waals surface area contributed by atoms with Gasteiger partial charge in [-0.2, -0.15) is 13.2 Å². The number of pyridine rings is 1. The first-order valence-electron chi connectivity index (χ1n) is 5.79. The fourth-order valence-corrected chi connectivity index (χ4v) is 1.77. The van der Waals surface area contributed by atoms with E-state index >= 15 is 0 Å². The molecular weight excluding hydrogens is 265 g/mol. The number of hydrogen-bond donors (Lipinski definition) is 1. The molecule has 0 spiro atoms. The lowest BCUT2D eigenvalue weighted by Crippen LogP contribution is -2.29. The number of alkyl halides is 3. The van der Waals surface area contributed by atoms with Crippen molar-refractivity contribution >= 4 is 11.6 Å². The van der Waals surface area contributed by atoms with E-state index in [1.165, 1.54) is 0 Å². The van der Waals surface area contributed by atoms with Crippen molar-refractivity contribution in [2.75, 3.05) is 6.54 Å². The molecule has 1 unspecified atom stereocenters. The van der Waals surface area contributed by atoms with Gasteiger partial charge in [0.05, 0.1) is 16.3 Å². The van der Waals surface area contributed by atoms with E-state index in [-0.39, 0.29) is 11.1 Å². The van der Waals surface area contributed by atoms with Crippen molar-refractivity contribution < 1.29 is 13.2 Å². The van der Waals surface area contributed by atoms with Crippen molar-refractivity contribution in [3.8, 4) is 0 Å². The number of halogens is 4. The average Bonchev–Trinajstić information content (AvgIpc) is 2.27. The van der Waals surface area contributed by atoms with Crippen LogP contribution in [0.25, 0.3) is 0 Å². The Morgan fingerprint density at radius 2 is 2.11 bits per heavy atom. The van der Waals surface area contributed by atoms with E-state index in [1.54, 1.807) is 0 Å². The number of aromatic nitrogens is 1. The van der Waals surface area contributed by atoms with E-state index in [2.05, 4.69) is 10.3 Å². The number of nitrogens with one attached hydrogen (secondary N) is 1. The predicted octanol–water partition coefficient (Wildman–Crippen LogP) is 3.68. The first-order valence-corrected chi connectivity index (χ1v) is 6.17. The summed E-state index contributed by atoms with van der Waals surface area (Å²) in [5.41, 5.74) is -0.328. The van der Waals surface area contributed by atoms with Crippen LogP contribution in [0, 0.1) is 0 Å². The molecule has 1 heterocycles.